The van der Waals surface area contributed by atoms with Crippen molar-refractivity contribution in [1.29, 1.82) is 0 Å². The highest BCUT2D eigenvalue weighted by Gasteiger charge is 2.20. The lowest BCUT2D eigenvalue weighted by Crippen LogP contribution is -2.45. The van der Waals surface area contributed by atoms with Gasteiger partial charge in [-0.05, 0) is 124 Å². The van der Waals surface area contributed by atoms with Crippen LogP contribution in [-0.4, -0.2) is 76.8 Å². The Hall–Kier alpha value is -3.18. The Morgan fingerprint density at radius 3 is 2.46 bits per heavy atom. The minimum atomic E-state index is 0.158. The molecule has 1 fully saturated rings. The molecule has 0 spiro atoms. The maximum Gasteiger partial charge on any atom is 0.126 e. The van der Waals surface area contributed by atoms with Gasteiger partial charge < -0.3 is 9.69 Å². The van der Waals surface area contributed by atoms with Crippen LogP contribution in [0.4, 0.5) is 0 Å². The number of hydrogen-bond acceptors (Lipinski definition) is 6. The third-order valence-corrected chi connectivity index (χ3v) is 10.4. The summed E-state index contributed by atoms with van der Waals surface area (Å²) in [4.78, 5) is 27.7. The largest absolute Gasteiger partial charge is 0.373 e. The molecule has 2 aromatic carbocycles. The van der Waals surface area contributed by atoms with Crippen LogP contribution in [0.3, 0.4) is 0 Å². The molecule has 1 saturated heterocycles. The third kappa shape index (κ3) is 10.2. The van der Waals surface area contributed by atoms with Gasteiger partial charge in [0.25, 0.3) is 0 Å². The number of aryl methyl sites for hydroxylation is 5. The van der Waals surface area contributed by atoms with E-state index in [0.717, 1.165) is 88.1 Å². The summed E-state index contributed by atoms with van der Waals surface area (Å²) in [7, 11) is 4.97. The lowest BCUT2D eigenvalue weighted by Gasteiger charge is -2.37. The molecule has 0 amide bonds. The van der Waals surface area contributed by atoms with E-state index in [1.54, 1.807) is 0 Å². The second-order valence-electron chi connectivity index (χ2n) is 13.5. The minimum absolute atomic E-state index is 0.158. The number of unbranched alkanes of at least 4 members (excludes halogenated alkanes) is 2. The van der Waals surface area contributed by atoms with Crippen LogP contribution in [0, 0.1) is 13.8 Å². The molecule has 3 aromatic rings. The number of carbonyl (C=O) groups is 1. The lowest BCUT2D eigenvalue weighted by molar-refractivity contribution is -0.108. The van der Waals surface area contributed by atoms with Crippen LogP contribution >= 0.6 is 9.24 Å². The number of aromatic nitrogens is 2. The van der Waals surface area contributed by atoms with Crippen LogP contribution in [0.25, 0.3) is 17.0 Å². The van der Waals surface area contributed by atoms with Gasteiger partial charge in [0.2, 0.25) is 0 Å². The Morgan fingerprint density at radius 2 is 1.77 bits per heavy atom. The maximum atomic E-state index is 11.0. The Balaban J connectivity index is 1.23. The molecule has 6 nitrogen and oxygen atoms in total. The molecule has 2 unspecified atom stereocenters. The van der Waals surface area contributed by atoms with Gasteiger partial charge in [-0.2, -0.15) is 0 Å². The first-order valence-electron chi connectivity index (χ1n) is 17.9. The lowest BCUT2D eigenvalue weighted by atomic mass is 9.95. The van der Waals surface area contributed by atoms with Crippen molar-refractivity contribution in [3.63, 3.8) is 0 Å². The molecule has 1 aliphatic rings. The summed E-state index contributed by atoms with van der Waals surface area (Å²) in [6.07, 6.45) is 14.0. The topological polar surface area (TPSA) is 52.6 Å². The van der Waals surface area contributed by atoms with E-state index < -0.39 is 0 Å². The molecule has 0 bridgehead atoms. The molecule has 1 aromatic heterocycles. The van der Waals surface area contributed by atoms with E-state index >= 15 is 0 Å². The fraction of sp³-hybridized carbons (Fsp3) is 0.488. The van der Waals surface area contributed by atoms with E-state index in [1.807, 2.05) is 19.1 Å². The van der Waals surface area contributed by atoms with Crippen LogP contribution < -0.4 is 5.30 Å². The number of fused-ring (bicyclic) bond motifs is 1. The van der Waals surface area contributed by atoms with Gasteiger partial charge in [0.15, 0.2) is 0 Å². The van der Waals surface area contributed by atoms with Crippen molar-refractivity contribution in [1.82, 2.24) is 24.7 Å². The molecule has 7 heteroatoms. The van der Waals surface area contributed by atoms with Crippen molar-refractivity contribution in [2.75, 3.05) is 39.8 Å². The number of rotatable bonds is 19. The first kappa shape index (κ1) is 37.6. The van der Waals surface area contributed by atoms with Crippen molar-refractivity contribution in [3.8, 4) is 0 Å². The Bertz CT molecular complexity index is 1580. The zero-order valence-corrected chi connectivity index (χ0v) is 31.2. The molecule has 258 valence electrons. The Labute approximate surface area is 292 Å². The van der Waals surface area contributed by atoms with Gasteiger partial charge >= 0.3 is 0 Å². The summed E-state index contributed by atoms with van der Waals surface area (Å²) in [5.41, 5.74) is 10.1. The molecule has 48 heavy (non-hydrogen) atoms. The Kier molecular flexibility index (Phi) is 14.5. The number of hydrogen-bond donors (Lipinski definition) is 0. The predicted molar refractivity (Wildman–Crippen MR) is 208 cm³/mol. The fourth-order valence-corrected chi connectivity index (χ4v) is 7.56. The Morgan fingerprint density at radius 1 is 1.00 bits per heavy atom. The van der Waals surface area contributed by atoms with Gasteiger partial charge in [0, 0.05) is 62.0 Å². The summed E-state index contributed by atoms with van der Waals surface area (Å²) < 4.78 is 0. The molecule has 0 radical (unpaired) electrons. The first-order chi connectivity index (χ1) is 23.2. The second kappa shape index (κ2) is 18.5. The normalized spacial score (nSPS) is 14.4. The monoisotopic (exact) mass is 667 g/mol. The average molecular weight is 668 g/mol. The second-order valence-corrected chi connectivity index (χ2v) is 14.1. The van der Waals surface area contributed by atoms with Crippen molar-refractivity contribution in [2.45, 2.75) is 91.1 Å². The predicted octanol–water partition coefficient (Wildman–Crippen LogP) is 7.39. The summed E-state index contributed by atoms with van der Waals surface area (Å²) in [5.74, 6) is 0.852. The fourth-order valence-electron chi connectivity index (χ4n) is 7.18. The first-order valence-corrected chi connectivity index (χ1v) is 18.5. The van der Waals surface area contributed by atoms with Gasteiger partial charge in [0.1, 0.15) is 12.1 Å². The quantitative estimate of drug-likeness (QED) is 0.0575. The van der Waals surface area contributed by atoms with Crippen LogP contribution in [-0.2, 0) is 30.6 Å². The summed E-state index contributed by atoms with van der Waals surface area (Å²) in [6, 6.07) is 9.27. The zero-order valence-electron chi connectivity index (χ0n) is 30.1. The molecule has 0 saturated carbocycles. The number of allylic oxidation sites excluding steroid dienone is 1. The van der Waals surface area contributed by atoms with Crippen LogP contribution in [0.2, 0.25) is 0 Å². The number of likely N-dealkylation sites (N-methyl/N-ethyl adjacent to an activating group) is 1. The molecular formula is C41H58N5OP. The SMILES string of the molecule is C=Cc1cc(P)cc(CCC(=C)N2CCN(CCCCCc3cc4nc(C)nc(C)c4cc3CC)CC2)c1CN(C)C(C=C)CCC=O. The molecular weight excluding hydrogens is 609 g/mol. The third-order valence-electron chi connectivity index (χ3n) is 10.1. The molecule has 2 heterocycles. The highest BCUT2D eigenvalue weighted by molar-refractivity contribution is 7.27. The molecule has 2 atom stereocenters. The molecule has 0 N–H and O–H groups in total. The number of nitrogens with zero attached hydrogens (tertiary/aromatic N) is 5. The standard InChI is InChI=1S/C41H58N5OP/c1-8-33-27-39-31(5)42-32(6)43-41(39)28-35(33)15-12-11-13-19-45-20-22-46(23-21-45)30(4)17-18-36-26-38(48)25-34(9-2)40(36)29-44(7)37(10-3)16-14-24-47/h9-10,24-28,37H,2-4,8,11-23,29,48H2,1,5-7H3. The van der Waals surface area contributed by atoms with Gasteiger partial charge in [-0.1, -0.05) is 44.7 Å². The summed E-state index contributed by atoms with van der Waals surface area (Å²) in [6.45, 7) is 25.2. The van der Waals surface area contributed by atoms with Gasteiger partial charge in [0.05, 0.1) is 5.52 Å². The van der Waals surface area contributed by atoms with E-state index in [1.165, 1.54) is 70.0 Å². The van der Waals surface area contributed by atoms with E-state index in [2.05, 4.69) is 93.8 Å². The molecule has 4 rings (SSSR count). The van der Waals surface area contributed by atoms with E-state index in [-0.39, 0.29) is 6.04 Å². The number of carbonyl (C=O) groups excluding carboxylic acids is 1. The smallest absolute Gasteiger partial charge is 0.126 e. The van der Waals surface area contributed by atoms with Crippen LogP contribution in [0.15, 0.2) is 55.8 Å². The van der Waals surface area contributed by atoms with Gasteiger partial charge in [-0.25, -0.2) is 9.97 Å². The van der Waals surface area contributed by atoms with Crippen molar-refractivity contribution in [3.05, 3.63) is 95.1 Å². The highest BCUT2D eigenvalue weighted by Crippen LogP contribution is 2.25. The zero-order chi connectivity index (χ0) is 34.6. The molecule has 1 aliphatic heterocycles. The molecule has 0 aliphatic carbocycles. The highest BCUT2D eigenvalue weighted by atomic mass is 31.0. The van der Waals surface area contributed by atoms with Crippen molar-refractivity contribution < 1.29 is 4.79 Å². The number of benzene rings is 2. The number of aldehydes is 1. The van der Waals surface area contributed by atoms with Crippen molar-refractivity contribution >= 4 is 37.8 Å². The van der Waals surface area contributed by atoms with E-state index in [0.29, 0.717) is 6.42 Å². The minimum Gasteiger partial charge on any atom is -0.373 e. The van der Waals surface area contributed by atoms with Crippen LogP contribution in [0.1, 0.15) is 84.8 Å². The van der Waals surface area contributed by atoms with E-state index in [4.69, 9.17) is 4.98 Å². The van der Waals surface area contributed by atoms with Gasteiger partial charge in [-0.15, -0.1) is 15.8 Å². The summed E-state index contributed by atoms with van der Waals surface area (Å²) in [5, 5.41) is 2.37. The van der Waals surface area contributed by atoms with Crippen LogP contribution in [0.5, 0.6) is 0 Å². The van der Waals surface area contributed by atoms with Gasteiger partial charge in [-0.3, -0.25) is 9.80 Å². The maximum absolute atomic E-state index is 11.0. The van der Waals surface area contributed by atoms with E-state index in [9.17, 15) is 4.79 Å². The number of piperazine rings is 1. The average Bonchev–Trinajstić information content (AvgIpc) is 3.08. The van der Waals surface area contributed by atoms with Crippen molar-refractivity contribution in [2.24, 2.45) is 0 Å². The summed E-state index contributed by atoms with van der Waals surface area (Å²) >= 11 is 0.